The quantitative estimate of drug-likeness (QED) is 0.269. The lowest BCUT2D eigenvalue weighted by Gasteiger charge is -2.12. The minimum absolute atomic E-state index is 0.245. The third-order valence-corrected chi connectivity index (χ3v) is 1.82. The van der Waals surface area contributed by atoms with Crippen molar-refractivity contribution in [3.63, 3.8) is 0 Å². The Balaban J connectivity index is 4.12. The Bertz CT molecular complexity index is 217. The maximum absolute atomic E-state index is 11.6. The average Bonchev–Trinajstić information content (AvgIpc) is 2.24. The van der Waals surface area contributed by atoms with Gasteiger partial charge in [-0.25, -0.2) is 4.79 Å². The molecule has 0 spiro atoms. The van der Waals surface area contributed by atoms with E-state index in [9.17, 15) is 4.79 Å². The Kier molecular flexibility index (Phi) is 8.52. The van der Waals surface area contributed by atoms with Crippen LogP contribution in [0.1, 0.15) is 19.8 Å². The number of esters is 1. The third-order valence-electron chi connectivity index (χ3n) is 1.82. The van der Waals surface area contributed by atoms with Gasteiger partial charge in [0.1, 0.15) is 0 Å². The fraction of sp³-hybridized carbons (Fsp3) is 0.818. The molecule has 0 heterocycles. The first kappa shape index (κ1) is 14.9. The highest BCUT2D eigenvalue weighted by atomic mass is 16.5. The van der Waals surface area contributed by atoms with E-state index in [1.807, 2.05) is 21.0 Å². The van der Waals surface area contributed by atoms with Crippen molar-refractivity contribution in [3.05, 3.63) is 0 Å². The topological polar surface area (TPSA) is 51.1 Å². The van der Waals surface area contributed by atoms with Gasteiger partial charge in [0.25, 0.3) is 0 Å². The van der Waals surface area contributed by atoms with Gasteiger partial charge in [-0.3, -0.25) is 4.99 Å². The molecule has 0 aliphatic rings. The number of aliphatic imine (C=N–C) groups is 1. The molecule has 0 saturated carbocycles. The van der Waals surface area contributed by atoms with Crippen LogP contribution in [0.3, 0.4) is 0 Å². The Morgan fingerprint density at radius 1 is 1.50 bits per heavy atom. The zero-order valence-corrected chi connectivity index (χ0v) is 10.6. The van der Waals surface area contributed by atoms with Gasteiger partial charge in [-0.1, -0.05) is 13.3 Å². The first-order chi connectivity index (χ1) is 7.61. The van der Waals surface area contributed by atoms with Crippen molar-refractivity contribution in [1.82, 2.24) is 4.90 Å². The van der Waals surface area contributed by atoms with Crippen LogP contribution in [0.2, 0.25) is 0 Å². The molecule has 0 N–H and O–H groups in total. The lowest BCUT2D eigenvalue weighted by molar-refractivity contribution is -0.146. The van der Waals surface area contributed by atoms with Gasteiger partial charge in [0, 0.05) is 21.2 Å². The van der Waals surface area contributed by atoms with Crippen LogP contribution in [0.15, 0.2) is 4.99 Å². The Labute approximate surface area is 97.4 Å². The van der Waals surface area contributed by atoms with Crippen LogP contribution >= 0.6 is 0 Å². The maximum Gasteiger partial charge on any atom is 0.333 e. The Morgan fingerprint density at radius 3 is 2.69 bits per heavy atom. The standard InChI is InChI=1S/C11H22N2O3/c1-5-6-7-16-11(14)10(8-15-4)12-9-13(2)3/h9-10H,5-8H2,1-4H3. The number of carbonyl (C=O) groups excluding carboxylic acids is 1. The zero-order chi connectivity index (χ0) is 12.4. The minimum Gasteiger partial charge on any atom is -0.464 e. The van der Waals surface area contributed by atoms with Gasteiger partial charge < -0.3 is 14.4 Å². The van der Waals surface area contributed by atoms with Crippen molar-refractivity contribution in [3.8, 4) is 0 Å². The molecule has 0 bridgehead atoms. The van der Waals surface area contributed by atoms with Gasteiger partial charge in [0.05, 0.1) is 19.6 Å². The van der Waals surface area contributed by atoms with E-state index in [4.69, 9.17) is 9.47 Å². The van der Waals surface area contributed by atoms with Crippen LogP contribution in [0.5, 0.6) is 0 Å². The smallest absolute Gasteiger partial charge is 0.333 e. The number of ether oxygens (including phenoxy) is 2. The highest BCUT2D eigenvalue weighted by Crippen LogP contribution is 1.98. The van der Waals surface area contributed by atoms with Crippen LogP contribution in [-0.4, -0.2) is 57.7 Å². The summed E-state index contributed by atoms with van der Waals surface area (Å²) in [4.78, 5) is 17.4. The molecular formula is C11H22N2O3. The van der Waals surface area contributed by atoms with Gasteiger partial charge >= 0.3 is 5.97 Å². The van der Waals surface area contributed by atoms with Crippen molar-refractivity contribution in [2.45, 2.75) is 25.8 Å². The fourth-order valence-corrected chi connectivity index (χ4v) is 0.957. The molecule has 0 rings (SSSR count). The number of unbranched alkanes of at least 4 members (excludes halogenated alkanes) is 1. The van der Waals surface area contributed by atoms with Crippen molar-refractivity contribution < 1.29 is 14.3 Å². The molecular weight excluding hydrogens is 208 g/mol. The first-order valence-corrected chi connectivity index (χ1v) is 5.47. The predicted molar refractivity (Wildman–Crippen MR) is 63.7 cm³/mol. The maximum atomic E-state index is 11.6. The van der Waals surface area contributed by atoms with Crippen molar-refractivity contribution >= 4 is 12.3 Å². The van der Waals surface area contributed by atoms with Gasteiger partial charge in [-0.2, -0.15) is 0 Å². The number of rotatable bonds is 8. The summed E-state index contributed by atoms with van der Waals surface area (Å²) in [6.45, 7) is 2.74. The van der Waals surface area contributed by atoms with E-state index in [0.29, 0.717) is 6.61 Å². The van der Waals surface area contributed by atoms with Crippen LogP contribution in [0.4, 0.5) is 0 Å². The molecule has 0 aromatic heterocycles. The molecule has 0 fully saturated rings. The largest absolute Gasteiger partial charge is 0.464 e. The minimum atomic E-state index is -0.566. The molecule has 0 aliphatic carbocycles. The summed E-state index contributed by atoms with van der Waals surface area (Å²) in [5.41, 5.74) is 0. The highest BCUT2D eigenvalue weighted by Gasteiger charge is 2.18. The Morgan fingerprint density at radius 2 is 2.19 bits per heavy atom. The molecule has 0 aromatic rings. The summed E-state index contributed by atoms with van der Waals surface area (Å²) in [5.74, 6) is -0.326. The fourth-order valence-electron chi connectivity index (χ4n) is 0.957. The summed E-state index contributed by atoms with van der Waals surface area (Å²) in [6, 6.07) is -0.566. The molecule has 0 aromatic carbocycles. The van der Waals surface area contributed by atoms with Crippen LogP contribution in [0.25, 0.3) is 0 Å². The summed E-state index contributed by atoms with van der Waals surface area (Å²) in [7, 11) is 5.23. The molecule has 5 nitrogen and oxygen atoms in total. The highest BCUT2D eigenvalue weighted by molar-refractivity contribution is 5.77. The second-order valence-corrected chi connectivity index (χ2v) is 3.72. The zero-order valence-electron chi connectivity index (χ0n) is 10.6. The van der Waals surface area contributed by atoms with Gasteiger partial charge in [0.15, 0.2) is 6.04 Å². The van der Waals surface area contributed by atoms with Gasteiger partial charge in [-0.15, -0.1) is 0 Å². The molecule has 94 valence electrons. The van der Waals surface area contributed by atoms with E-state index in [1.165, 1.54) is 7.11 Å². The molecule has 0 amide bonds. The lowest BCUT2D eigenvalue weighted by atomic mass is 10.3. The van der Waals surface area contributed by atoms with Gasteiger partial charge in [-0.05, 0) is 6.42 Å². The van der Waals surface area contributed by atoms with Gasteiger partial charge in [0.2, 0.25) is 0 Å². The second kappa shape index (κ2) is 9.15. The van der Waals surface area contributed by atoms with Crippen LogP contribution in [0, 0.1) is 0 Å². The molecule has 0 saturated heterocycles. The number of nitrogens with zero attached hydrogens (tertiary/aromatic N) is 2. The van der Waals surface area contributed by atoms with E-state index in [-0.39, 0.29) is 12.6 Å². The van der Waals surface area contributed by atoms with E-state index >= 15 is 0 Å². The molecule has 5 heteroatoms. The van der Waals surface area contributed by atoms with Crippen molar-refractivity contribution in [2.24, 2.45) is 4.99 Å². The van der Waals surface area contributed by atoms with E-state index in [0.717, 1.165) is 12.8 Å². The molecule has 1 unspecified atom stereocenters. The normalized spacial score (nSPS) is 12.8. The summed E-state index contributed by atoms with van der Waals surface area (Å²) in [6.07, 6.45) is 3.47. The molecule has 0 radical (unpaired) electrons. The van der Waals surface area contributed by atoms with Crippen molar-refractivity contribution in [1.29, 1.82) is 0 Å². The van der Waals surface area contributed by atoms with Crippen LogP contribution in [-0.2, 0) is 14.3 Å². The summed E-state index contributed by atoms with van der Waals surface area (Å²) < 4.78 is 10.0. The first-order valence-electron chi connectivity index (χ1n) is 5.47. The summed E-state index contributed by atoms with van der Waals surface area (Å²) >= 11 is 0. The SMILES string of the molecule is CCCCOC(=O)C(COC)N=CN(C)C. The molecule has 16 heavy (non-hydrogen) atoms. The second-order valence-electron chi connectivity index (χ2n) is 3.72. The van der Waals surface area contributed by atoms with E-state index < -0.39 is 6.04 Å². The number of hydrogen-bond donors (Lipinski definition) is 0. The lowest BCUT2D eigenvalue weighted by Crippen LogP contribution is -2.28. The average molecular weight is 230 g/mol. The van der Waals surface area contributed by atoms with Crippen molar-refractivity contribution in [2.75, 3.05) is 34.4 Å². The number of hydrogen-bond acceptors (Lipinski definition) is 4. The molecule has 0 aliphatic heterocycles. The van der Waals surface area contributed by atoms with E-state index in [2.05, 4.69) is 4.99 Å². The third kappa shape index (κ3) is 7.23. The summed E-state index contributed by atoms with van der Waals surface area (Å²) in [5, 5.41) is 0. The monoisotopic (exact) mass is 230 g/mol. The number of carbonyl (C=O) groups is 1. The Hall–Kier alpha value is -1.10. The predicted octanol–water partition coefficient (Wildman–Crippen LogP) is 0.935. The van der Waals surface area contributed by atoms with Crippen LogP contribution < -0.4 is 0 Å². The van der Waals surface area contributed by atoms with E-state index in [1.54, 1.807) is 11.2 Å². The number of methoxy groups -OCH3 is 1. The molecule has 1 atom stereocenters.